The van der Waals surface area contributed by atoms with Crippen LogP contribution in [0.2, 0.25) is 0 Å². The van der Waals surface area contributed by atoms with Crippen molar-refractivity contribution >= 4 is 16.5 Å². The highest BCUT2D eigenvalue weighted by molar-refractivity contribution is 7.84. The molecule has 0 unspecified atom stereocenters. The van der Waals surface area contributed by atoms with E-state index in [0.29, 0.717) is 17.0 Å². The van der Waals surface area contributed by atoms with E-state index in [1.807, 2.05) is 0 Å². The first-order chi connectivity index (χ1) is 11.8. The summed E-state index contributed by atoms with van der Waals surface area (Å²) in [5.41, 5.74) is 2.38. The van der Waals surface area contributed by atoms with Crippen molar-refractivity contribution in [2.24, 2.45) is 5.92 Å². The number of ether oxygens (including phenoxy) is 1. The number of hydrogen-bond donors (Lipinski definition) is 1. The molecule has 0 bridgehead atoms. The van der Waals surface area contributed by atoms with Crippen LogP contribution in [0.15, 0.2) is 24.3 Å². The van der Waals surface area contributed by atoms with Crippen LogP contribution in [-0.2, 0) is 21.3 Å². The van der Waals surface area contributed by atoms with Gasteiger partial charge in [-0.2, -0.15) is 0 Å². The molecule has 0 spiro atoms. The Labute approximate surface area is 149 Å². The van der Waals surface area contributed by atoms with Crippen LogP contribution in [0.3, 0.4) is 0 Å². The predicted octanol–water partition coefficient (Wildman–Crippen LogP) is 4.50. The first kappa shape index (κ1) is 17.9. The maximum atomic E-state index is 12.6. The van der Waals surface area contributed by atoms with Crippen molar-refractivity contribution in [3.63, 3.8) is 0 Å². The minimum Gasteiger partial charge on any atom is -0.382 e. The standard InChI is InChI=1S/C20H31NO2S/c1-2-17-7-3-4-9-20(17)21-18-8-5-6-16(14-18)15-24(22)19-10-12-23-13-11-19/h5-6,8,14,17,19-21H,2-4,7,9-13,15H2,1H3/t17-,20+,24-/m1/s1. The number of anilines is 1. The zero-order chi connectivity index (χ0) is 16.8. The summed E-state index contributed by atoms with van der Waals surface area (Å²) in [6, 6.07) is 9.17. The second-order valence-electron chi connectivity index (χ2n) is 7.24. The van der Waals surface area contributed by atoms with Gasteiger partial charge in [-0.05, 0) is 49.3 Å². The quantitative estimate of drug-likeness (QED) is 0.822. The van der Waals surface area contributed by atoms with Crippen LogP contribution < -0.4 is 5.32 Å². The van der Waals surface area contributed by atoms with Crippen molar-refractivity contribution in [1.82, 2.24) is 0 Å². The van der Waals surface area contributed by atoms with Crippen molar-refractivity contribution in [2.45, 2.75) is 68.9 Å². The van der Waals surface area contributed by atoms with E-state index in [2.05, 4.69) is 36.5 Å². The van der Waals surface area contributed by atoms with Gasteiger partial charge in [0.1, 0.15) is 0 Å². The molecule has 1 aromatic carbocycles. The van der Waals surface area contributed by atoms with Crippen LogP contribution in [0.4, 0.5) is 5.69 Å². The molecule has 1 saturated carbocycles. The first-order valence-electron chi connectivity index (χ1n) is 9.56. The summed E-state index contributed by atoms with van der Waals surface area (Å²) < 4.78 is 18.0. The Kier molecular flexibility index (Phi) is 6.73. The molecule has 134 valence electrons. The van der Waals surface area contributed by atoms with E-state index in [4.69, 9.17) is 4.74 Å². The monoisotopic (exact) mass is 349 g/mol. The summed E-state index contributed by atoms with van der Waals surface area (Å²) in [4.78, 5) is 0. The van der Waals surface area contributed by atoms with E-state index in [0.717, 1.165) is 32.0 Å². The lowest BCUT2D eigenvalue weighted by atomic mass is 9.83. The van der Waals surface area contributed by atoms with Crippen LogP contribution in [0, 0.1) is 5.92 Å². The predicted molar refractivity (Wildman–Crippen MR) is 102 cm³/mol. The molecular formula is C20H31NO2S. The van der Waals surface area contributed by atoms with Gasteiger partial charge in [-0.3, -0.25) is 4.21 Å². The van der Waals surface area contributed by atoms with Gasteiger partial charge in [-0.1, -0.05) is 38.3 Å². The Balaban J connectivity index is 1.60. The lowest BCUT2D eigenvalue weighted by molar-refractivity contribution is 0.0992. The summed E-state index contributed by atoms with van der Waals surface area (Å²) in [6.07, 6.45) is 8.46. The maximum Gasteiger partial charge on any atom is 0.0489 e. The first-order valence-corrected chi connectivity index (χ1v) is 10.9. The van der Waals surface area contributed by atoms with Gasteiger partial charge in [-0.25, -0.2) is 0 Å². The molecule has 3 nitrogen and oxygen atoms in total. The fourth-order valence-electron chi connectivity index (χ4n) is 4.07. The van der Waals surface area contributed by atoms with Crippen molar-refractivity contribution in [3.05, 3.63) is 29.8 Å². The van der Waals surface area contributed by atoms with Gasteiger partial charge in [0.2, 0.25) is 0 Å². The van der Waals surface area contributed by atoms with E-state index >= 15 is 0 Å². The molecule has 0 amide bonds. The molecule has 1 aliphatic carbocycles. The van der Waals surface area contributed by atoms with Crippen LogP contribution in [-0.4, -0.2) is 28.7 Å². The molecular weight excluding hydrogens is 318 g/mol. The van der Waals surface area contributed by atoms with Gasteiger partial charge in [0.25, 0.3) is 0 Å². The summed E-state index contributed by atoms with van der Waals surface area (Å²) in [5.74, 6) is 1.46. The van der Waals surface area contributed by atoms with Crippen molar-refractivity contribution < 1.29 is 8.95 Å². The summed E-state index contributed by atoms with van der Waals surface area (Å²) in [6.45, 7) is 3.83. The van der Waals surface area contributed by atoms with Crippen molar-refractivity contribution in [1.29, 1.82) is 0 Å². The molecule has 0 radical (unpaired) electrons. The molecule has 1 aliphatic heterocycles. The smallest absolute Gasteiger partial charge is 0.0489 e. The Bertz CT molecular complexity index is 542. The molecule has 24 heavy (non-hydrogen) atoms. The highest BCUT2D eigenvalue weighted by atomic mass is 32.2. The second kappa shape index (κ2) is 9.00. The zero-order valence-electron chi connectivity index (χ0n) is 14.8. The van der Waals surface area contributed by atoms with Gasteiger partial charge >= 0.3 is 0 Å². The lowest BCUT2D eigenvalue weighted by Gasteiger charge is -2.32. The Morgan fingerprint density at radius 3 is 2.75 bits per heavy atom. The third kappa shape index (κ3) is 4.82. The van der Waals surface area contributed by atoms with E-state index in [9.17, 15) is 4.21 Å². The van der Waals surface area contributed by atoms with E-state index < -0.39 is 10.8 Å². The highest BCUT2D eigenvalue weighted by Gasteiger charge is 2.24. The number of nitrogens with one attached hydrogen (secondary N) is 1. The third-order valence-corrected chi connectivity index (χ3v) is 7.39. The summed E-state index contributed by atoms with van der Waals surface area (Å²) in [7, 11) is -0.789. The molecule has 0 aromatic heterocycles. The summed E-state index contributed by atoms with van der Waals surface area (Å²) in [5, 5.41) is 4.06. The van der Waals surface area contributed by atoms with Crippen molar-refractivity contribution in [3.8, 4) is 0 Å². The summed E-state index contributed by atoms with van der Waals surface area (Å²) >= 11 is 0. The Morgan fingerprint density at radius 1 is 1.17 bits per heavy atom. The lowest BCUT2D eigenvalue weighted by Crippen LogP contribution is -2.31. The van der Waals surface area contributed by atoms with Crippen LogP contribution in [0.25, 0.3) is 0 Å². The van der Waals surface area contributed by atoms with Gasteiger partial charge < -0.3 is 10.1 Å². The number of rotatable bonds is 6. The van der Waals surface area contributed by atoms with E-state index in [-0.39, 0.29) is 0 Å². The SMILES string of the molecule is CC[C@@H]1CCCC[C@@H]1Nc1cccc(C[S@@](=O)C2CCOCC2)c1. The fraction of sp³-hybridized carbons (Fsp3) is 0.700. The van der Waals surface area contributed by atoms with Gasteiger partial charge in [0.15, 0.2) is 0 Å². The van der Waals surface area contributed by atoms with Crippen molar-refractivity contribution in [2.75, 3.05) is 18.5 Å². The molecule has 1 heterocycles. The molecule has 1 aromatic rings. The molecule has 2 fully saturated rings. The Hall–Kier alpha value is -0.870. The molecule has 1 saturated heterocycles. The highest BCUT2D eigenvalue weighted by Crippen LogP contribution is 2.29. The van der Waals surface area contributed by atoms with Crippen LogP contribution >= 0.6 is 0 Å². The largest absolute Gasteiger partial charge is 0.382 e. The van der Waals surface area contributed by atoms with Gasteiger partial charge in [0, 0.05) is 46.7 Å². The molecule has 1 N–H and O–H groups in total. The average Bonchev–Trinajstić information content (AvgIpc) is 2.63. The van der Waals surface area contributed by atoms with Gasteiger partial charge in [-0.15, -0.1) is 0 Å². The average molecular weight is 350 g/mol. The molecule has 4 heteroatoms. The Morgan fingerprint density at radius 2 is 1.96 bits per heavy atom. The minimum atomic E-state index is -0.789. The molecule has 3 atom stereocenters. The van der Waals surface area contributed by atoms with E-state index in [1.165, 1.54) is 43.4 Å². The molecule has 3 rings (SSSR count). The maximum absolute atomic E-state index is 12.6. The second-order valence-corrected chi connectivity index (χ2v) is 8.96. The van der Waals surface area contributed by atoms with E-state index in [1.54, 1.807) is 0 Å². The zero-order valence-corrected chi connectivity index (χ0v) is 15.7. The normalized spacial score (nSPS) is 26.9. The fourth-order valence-corrected chi connectivity index (χ4v) is 5.53. The van der Waals surface area contributed by atoms with Crippen LogP contribution in [0.1, 0.15) is 57.4 Å². The topological polar surface area (TPSA) is 38.3 Å². The number of benzene rings is 1. The van der Waals surface area contributed by atoms with Gasteiger partial charge in [0.05, 0.1) is 0 Å². The van der Waals surface area contributed by atoms with Crippen LogP contribution in [0.5, 0.6) is 0 Å². The third-order valence-electron chi connectivity index (χ3n) is 5.56. The minimum absolute atomic E-state index is 0.304. The number of hydrogen-bond acceptors (Lipinski definition) is 3. The molecule has 2 aliphatic rings.